The monoisotopic (exact) mass is 276 g/mol. The number of para-hydroxylation sites is 1. The number of thiazole rings is 1. The molecular weight excluding hydrogens is 260 g/mol. The third-order valence-corrected chi connectivity index (χ3v) is 3.75. The Morgan fingerprint density at radius 3 is 2.47 bits per heavy atom. The minimum absolute atomic E-state index is 0.0814. The lowest BCUT2D eigenvalue weighted by molar-refractivity contribution is 0.0692. The van der Waals surface area contributed by atoms with E-state index in [0.29, 0.717) is 5.00 Å². The topological polar surface area (TPSA) is 62.2 Å². The molecule has 0 bridgehead atoms. The quantitative estimate of drug-likeness (QED) is 0.874. The average Bonchev–Trinajstić information content (AvgIpc) is 2.87. The molecule has 4 nitrogen and oxygen atoms in total. The zero-order valence-electron chi connectivity index (χ0n) is 10.9. The van der Waals surface area contributed by atoms with Gasteiger partial charge < -0.3 is 10.4 Å². The first-order valence-corrected chi connectivity index (χ1v) is 7.09. The fourth-order valence-corrected chi connectivity index (χ4v) is 2.68. The van der Waals surface area contributed by atoms with Crippen LogP contribution in [-0.4, -0.2) is 16.1 Å². The van der Waals surface area contributed by atoms with Gasteiger partial charge in [0.15, 0.2) is 5.69 Å². The number of carboxylic acids is 1. The number of aromatic carboxylic acids is 1. The molecule has 100 valence electrons. The van der Waals surface area contributed by atoms with Crippen molar-refractivity contribution in [3.05, 3.63) is 40.5 Å². The second-order valence-corrected chi connectivity index (χ2v) is 4.97. The number of aromatic nitrogens is 1. The van der Waals surface area contributed by atoms with E-state index in [1.54, 1.807) is 5.51 Å². The highest BCUT2D eigenvalue weighted by atomic mass is 32.1. The molecule has 0 atom stereocenters. The molecule has 0 radical (unpaired) electrons. The number of anilines is 2. The second-order valence-electron chi connectivity index (χ2n) is 4.12. The minimum Gasteiger partial charge on any atom is -0.476 e. The predicted octanol–water partition coefficient (Wildman–Crippen LogP) is 3.71. The summed E-state index contributed by atoms with van der Waals surface area (Å²) < 4.78 is 0. The number of nitrogens with zero attached hydrogens (tertiary/aromatic N) is 1. The van der Waals surface area contributed by atoms with Gasteiger partial charge in [-0.3, -0.25) is 0 Å². The van der Waals surface area contributed by atoms with Gasteiger partial charge in [-0.2, -0.15) is 0 Å². The van der Waals surface area contributed by atoms with Crippen molar-refractivity contribution in [2.45, 2.75) is 26.7 Å². The van der Waals surface area contributed by atoms with Gasteiger partial charge in [0.2, 0.25) is 0 Å². The van der Waals surface area contributed by atoms with Gasteiger partial charge in [-0.25, -0.2) is 9.78 Å². The normalized spacial score (nSPS) is 10.4. The lowest BCUT2D eigenvalue weighted by atomic mass is 10.0. The predicted molar refractivity (Wildman–Crippen MR) is 77.6 cm³/mol. The van der Waals surface area contributed by atoms with E-state index in [2.05, 4.69) is 36.3 Å². The van der Waals surface area contributed by atoms with Crippen LogP contribution in [0.1, 0.15) is 35.5 Å². The Labute approximate surface area is 116 Å². The summed E-state index contributed by atoms with van der Waals surface area (Å²) in [4.78, 5) is 15.0. The second kappa shape index (κ2) is 5.84. The van der Waals surface area contributed by atoms with Crippen molar-refractivity contribution < 1.29 is 9.90 Å². The van der Waals surface area contributed by atoms with Crippen LogP contribution in [0.5, 0.6) is 0 Å². The van der Waals surface area contributed by atoms with E-state index in [1.807, 2.05) is 6.07 Å². The minimum atomic E-state index is -1.00. The summed E-state index contributed by atoms with van der Waals surface area (Å²) in [6.07, 6.45) is 1.80. The van der Waals surface area contributed by atoms with Crippen LogP contribution >= 0.6 is 11.3 Å². The molecule has 0 saturated carbocycles. The van der Waals surface area contributed by atoms with E-state index in [9.17, 15) is 4.79 Å². The molecule has 2 aromatic rings. The Hall–Kier alpha value is -1.88. The number of nitrogens with one attached hydrogen (secondary N) is 1. The molecule has 1 aromatic heterocycles. The summed E-state index contributed by atoms with van der Waals surface area (Å²) in [5, 5.41) is 12.9. The summed E-state index contributed by atoms with van der Waals surface area (Å²) in [5.74, 6) is -1.00. The van der Waals surface area contributed by atoms with E-state index >= 15 is 0 Å². The molecule has 2 rings (SSSR count). The zero-order valence-corrected chi connectivity index (χ0v) is 11.8. The first-order valence-electron chi connectivity index (χ1n) is 6.21. The number of hydrogen-bond acceptors (Lipinski definition) is 4. The van der Waals surface area contributed by atoms with Crippen molar-refractivity contribution in [1.29, 1.82) is 0 Å². The number of benzene rings is 1. The maximum atomic E-state index is 11.1. The average molecular weight is 276 g/mol. The van der Waals surface area contributed by atoms with Crippen LogP contribution in [0.4, 0.5) is 10.7 Å². The van der Waals surface area contributed by atoms with Gasteiger partial charge in [-0.05, 0) is 24.0 Å². The standard InChI is InChI=1S/C14H16N2O2S/c1-3-9-6-5-7-10(4-2)11(9)16-13-12(14(17)18)15-8-19-13/h5-8,16H,3-4H2,1-2H3,(H,17,18). The van der Waals surface area contributed by atoms with Crippen LogP contribution in [0.25, 0.3) is 0 Å². The van der Waals surface area contributed by atoms with Crippen molar-refractivity contribution in [1.82, 2.24) is 4.98 Å². The Morgan fingerprint density at radius 2 is 1.95 bits per heavy atom. The molecule has 0 spiro atoms. The van der Waals surface area contributed by atoms with Crippen LogP contribution in [0.3, 0.4) is 0 Å². The fraction of sp³-hybridized carbons (Fsp3) is 0.286. The largest absolute Gasteiger partial charge is 0.476 e. The highest BCUT2D eigenvalue weighted by Crippen LogP contribution is 2.30. The number of carbonyl (C=O) groups is 1. The summed E-state index contributed by atoms with van der Waals surface area (Å²) in [6.45, 7) is 4.18. The Kier molecular flexibility index (Phi) is 4.16. The van der Waals surface area contributed by atoms with E-state index in [-0.39, 0.29) is 5.69 Å². The third kappa shape index (κ3) is 2.76. The van der Waals surface area contributed by atoms with Gasteiger partial charge in [-0.1, -0.05) is 32.0 Å². The molecule has 0 aliphatic rings. The van der Waals surface area contributed by atoms with Crippen LogP contribution in [0.2, 0.25) is 0 Å². The van der Waals surface area contributed by atoms with Crippen molar-refractivity contribution in [2.75, 3.05) is 5.32 Å². The van der Waals surface area contributed by atoms with Crippen LogP contribution < -0.4 is 5.32 Å². The third-order valence-electron chi connectivity index (χ3n) is 3.01. The van der Waals surface area contributed by atoms with Crippen molar-refractivity contribution >= 4 is 28.0 Å². The molecule has 0 aliphatic carbocycles. The Bertz CT molecular complexity index is 571. The number of aryl methyl sites for hydroxylation is 2. The SMILES string of the molecule is CCc1cccc(CC)c1Nc1scnc1C(=O)O. The lowest BCUT2D eigenvalue weighted by Crippen LogP contribution is -2.04. The van der Waals surface area contributed by atoms with E-state index < -0.39 is 5.97 Å². The van der Waals surface area contributed by atoms with Crippen molar-refractivity contribution in [3.63, 3.8) is 0 Å². The summed E-state index contributed by atoms with van der Waals surface area (Å²) >= 11 is 1.31. The Morgan fingerprint density at radius 1 is 1.32 bits per heavy atom. The number of hydrogen-bond donors (Lipinski definition) is 2. The van der Waals surface area contributed by atoms with Gasteiger partial charge in [0.25, 0.3) is 0 Å². The Balaban J connectivity index is 2.42. The first-order chi connectivity index (χ1) is 9.17. The maximum Gasteiger partial charge on any atom is 0.357 e. The molecule has 0 fully saturated rings. The maximum absolute atomic E-state index is 11.1. The van der Waals surface area contributed by atoms with Gasteiger partial charge in [0.1, 0.15) is 5.00 Å². The molecule has 19 heavy (non-hydrogen) atoms. The van der Waals surface area contributed by atoms with E-state index in [1.165, 1.54) is 22.5 Å². The number of carboxylic acid groups (broad SMARTS) is 1. The smallest absolute Gasteiger partial charge is 0.357 e. The van der Waals surface area contributed by atoms with Gasteiger partial charge >= 0.3 is 5.97 Å². The lowest BCUT2D eigenvalue weighted by Gasteiger charge is -2.14. The van der Waals surface area contributed by atoms with Crippen molar-refractivity contribution in [2.24, 2.45) is 0 Å². The van der Waals surface area contributed by atoms with Crippen molar-refractivity contribution in [3.8, 4) is 0 Å². The molecule has 1 heterocycles. The molecule has 5 heteroatoms. The molecule has 0 unspecified atom stereocenters. The van der Waals surface area contributed by atoms with Gasteiger partial charge in [0, 0.05) is 5.69 Å². The zero-order chi connectivity index (χ0) is 13.8. The first kappa shape index (κ1) is 13.5. The van der Waals surface area contributed by atoms with E-state index in [0.717, 1.165) is 18.5 Å². The van der Waals surface area contributed by atoms with E-state index in [4.69, 9.17) is 5.11 Å². The highest BCUT2D eigenvalue weighted by Gasteiger charge is 2.15. The van der Waals surface area contributed by atoms with Crippen LogP contribution in [-0.2, 0) is 12.8 Å². The molecular formula is C14H16N2O2S. The molecule has 0 saturated heterocycles. The summed E-state index contributed by atoms with van der Waals surface area (Å²) in [6, 6.07) is 6.15. The van der Waals surface area contributed by atoms with Gasteiger partial charge in [0.05, 0.1) is 5.51 Å². The number of rotatable bonds is 5. The van der Waals surface area contributed by atoms with Crippen LogP contribution in [0, 0.1) is 0 Å². The molecule has 2 N–H and O–H groups in total. The highest BCUT2D eigenvalue weighted by molar-refractivity contribution is 7.14. The summed E-state index contributed by atoms with van der Waals surface area (Å²) in [5.41, 5.74) is 5.01. The molecule has 0 aliphatic heterocycles. The molecule has 0 amide bonds. The fourth-order valence-electron chi connectivity index (χ4n) is 2.00. The van der Waals surface area contributed by atoms with Gasteiger partial charge in [-0.15, -0.1) is 11.3 Å². The molecule has 1 aromatic carbocycles. The van der Waals surface area contributed by atoms with Crippen LogP contribution in [0.15, 0.2) is 23.7 Å². The summed E-state index contributed by atoms with van der Waals surface area (Å²) in [7, 11) is 0.